The zero-order valence-electron chi connectivity index (χ0n) is 17.1. The fraction of sp³-hybridized carbons (Fsp3) is 0.591. The van der Waals surface area contributed by atoms with Crippen LogP contribution in [0.25, 0.3) is 0 Å². The predicted octanol–water partition coefficient (Wildman–Crippen LogP) is 2.27. The average Bonchev–Trinajstić information content (AvgIpc) is 3.26. The molecule has 4 rings (SSSR count). The molecule has 1 saturated heterocycles. The molecule has 156 valence electrons. The first-order chi connectivity index (χ1) is 14.1. The van der Waals surface area contributed by atoms with Crippen LogP contribution in [0.2, 0.25) is 0 Å². The lowest BCUT2D eigenvalue weighted by atomic mass is 9.91. The van der Waals surface area contributed by atoms with Crippen molar-refractivity contribution in [3.8, 4) is 0 Å². The Bertz CT molecular complexity index is 875. The summed E-state index contributed by atoms with van der Waals surface area (Å²) in [7, 11) is 0. The van der Waals surface area contributed by atoms with Crippen LogP contribution in [-0.4, -0.2) is 39.4 Å². The van der Waals surface area contributed by atoms with E-state index in [-0.39, 0.29) is 17.5 Å². The Hall–Kier alpha value is -2.41. The van der Waals surface area contributed by atoms with Gasteiger partial charge in [0.25, 0.3) is 11.5 Å². The van der Waals surface area contributed by atoms with Gasteiger partial charge in [0, 0.05) is 31.2 Å². The van der Waals surface area contributed by atoms with Crippen LogP contribution >= 0.6 is 0 Å². The molecule has 1 unspecified atom stereocenters. The van der Waals surface area contributed by atoms with Gasteiger partial charge in [-0.25, -0.2) is 0 Å². The minimum atomic E-state index is -0.230. The van der Waals surface area contributed by atoms with Gasteiger partial charge < -0.3 is 15.2 Å². The van der Waals surface area contributed by atoms with E-state index in [1.807, 2.05) is 36.1 Å². The van der Waals surface area contributed by atoms with Gasteiger partial charge in [-0.2, -0.15) is 5.10 Å². The van der Waals surface area contributed by atoms with Crippen LogP contribution in [0.3, 0.4) is 0 Å². The van der Waals surface area contributed by atoms with Gasteiger partial charge in [-0.05, 0) is 82.2 Å². The molecule has 2 N–H and O–H groups in total. The lowest BCUT2D eigenvalue weighted by molar-refractivity contribution is 0.0918. The van der Waals surface area contributed by atoms with Crippen molar-refractivity contribution in [1.82, 2.24) is 25.0 Å². The van der Waals surface area contributed by atoms with Gasteiger partial charge in [-0.1, -0.05) is 0 Å². The Morgan fingerprint density at radius 1 is 1.24 bits per heavy atom. The lowest BCUT2D eigenvalue weighted by Gasteiger charge is -2.29. The maximum atomic E-state index is 13.0. The smallest absolute Gasteiger partial charge is 0.263 e. The number of piperidine rings is 1. The summed E-state index contributed by atoms with van der Waals surface area (Å²) >= 11 is 0. The number of carbonyl (C=O) groups is 1. The number of carbonyl (C=O) groups excluding carboxylic acids is 1. The number of rotatable bonds is 5. The number of amides is 1. The molecule has 1 amide bonds. The highest BCUT2D eigenvalue weighted by Gasteiger charge is 2.26. The van der Waals surface area contributed by atoms with Crippen LogP contribution in [0, 0.1) is 12.8 Å². The Morgan fingerprint density at radius 2 is 2.07 bits per heavy atom. The molecular weight excluding hydrogens is 366 g/mol. The minimum Gasteiger partial charge on any atom is -0.349 e. The topological polar surface area (TPSA) is 81.0 Å². The highest BCUT2D eigenvalue weighted by molar-refractivity contribution is 5.95. The fourth-order valence-corrected chi connectivity index (χ4v) is 4.68. The average molecular weight is 398 g/mol. The molecule has 7 heteroatoms. The van der Waals surface area contributed by atoms with Crippen molar-refractivity contribution < 1.29 is 4.79 Å². The van der Waals surface area contributed by atoms with Crippen LogP contribution < -0.4 is 16.2 Å². The van der Waals surface area contributed by atoms with Crippen molar-refractivity contribution in [3.63, 3.8) is 0 Å². The SMILES string of the molecule is Cc1ccn(CC2CCCNC2)c(=O)c1C(=O)NC1CCC(n2cccn2)CC1. The van der Waals surface area contributed by atoms with Gasteiger partial charge in [0.2, 0.25) is 0 Å². The molecule has 0 spiro atoms. The van der Waals surface area contributed by atoms with E-state index in [4.69, 9.17) is 0 Å². The molecule has 2 aliphatic rings. The number of nitrogens with zero attached hydrogens (tertiary/aromatic N) is 3. The molecule has 1 atom stereocenters. The van der Waals surface area contributed by atoms with E-state index in [1.165, 1.54) is 0 Å². The lowest BCUT2D eigenvalue weighted by Crippen LogP contribution is -2.42. The molecule has 1 aliphatic heterocycles. The first kappa shape index (κ1) is 19.9. The molecular formula is C22H31N5O2. The second-order valence-electron chi connectivity index (χ2n) is 8.51. The number of hydrogen-bond acceptors (Lipinski definition) is 4. The Kier molecular flexibility index (Phi) is 6.13. The molecule has 1 aliphatic carbocycles. The molecule has 0 bridgehead atoms. The van der Waals surface area contributed by atoms with E-state index < -0.39 is 0 Å². The van der Waals surface area contributed by atoms with Crippen LogP contribution in [0.5, 0.6) is 0 Å². The minimum absolute atomic E-state index is 0.115. The van der Waals surface area contributed by atoms with Crippen LogP contribution in [0.15, 0.2) is 35.5 Å². The predicted molar refractivity (Wildman–Crippen MR) is 112 cm³/mol. The second-order valence-corrected chi connectivity index (χ2v) is 8.51. The summed E-state index contributed by atoms with van der Waals surface area (Å²) in [4.78, 5) is 26.0. The highest BCUT2D eigenvalue weighted by atomic mass is 16.2. The van der Waals surface area contributed by atoms with Crippen LogP contribution in [-0.2, 0) is 6.54 Å². The third-order valence-corrected chi connectivity index (χ3v) is 6.39. The van der Waals surface area contributed by atoms with E-state index >= 15 is 0 Å². The van der Waals surface area contributed by atoms with E-state index in [1.54, 1.807) is 10.8 Å². The zero-order chi connectivity index (χ0) is 20.2. The van der Waals surface area contributed by atoms with Gasteiger partial charge in [0.1, 0.15) is 5.56 Å². The third kappa shape index (κ3) is 4.61. The molecule has 0 radical (unpaired) electrons. The molecule has 7 nitrogen and oxygen atoms in total. The number of nitrogens with one attached hydrogen (secondary N) is 2. The fourth-order valence-electron chi connectivity index (χ4n) is 4.68. The van der Waals surface area contributed by atoms with Crippen LogP contribution in [0.1, 0.15) is 60.5 Å². The standard InChI is InChI=1S/C22H31N5O2/c1-16-9-13-26(15-17-4-2-10-23-14-17)22(29)20(16)21(28)25-18-5-7-19(8-6-18)27-12-3-11-24-27/h3,9,11-13,17-19,23H,2,4-8,10,14-15H2,1H3,(H,25,28). The van der Waals surface area contributed by atoms with Crippen molar-refractivity contribution in [1.29, 1.82) is 0 Å². The molecule has 0 aromatic carbocycles. The largest absolute Gasteiger partial charge is 0.349 e. The summed E-state index contributed by atoms with van der Waals surface area (Å²) in [6, 6.07) is 4.35. The normalized spacial score (nSPS) is 24.9. The maximum absolute atomic E-state index is 13.0. The molecule has 2 aromatic rings. The zero-order valence-corrected chi connectivity index (χ0v) is 17.1. The van der Waals surface area contributed by atoms with Crippen molar-refractivity contribution in [3.05, 3.63) is 52.2 Å². The number of hydrogen-bond donors (Lipinski definition) is 2. The maximum Gasteiger partial charge on any atom is 0.263 e. The van der Waals surface area contributed by atoms with Crippen molar-refractivity contribution >= 4 is 5.91 Å². The Labute approximate surface area is 171 Å². The van der Waals surface area contributed by atoms with Gasteiger partial charge in [0.15, 0.2) is 0 Å². The van der Waals surface area contributed by atoms with Gasteiger partial charge >= 0.3 is 0 Å². The first-order valence-electron chi connectivity index (χ1n) is 10.8. The van der Waals surface area contributed by atoms with E-state index in [0.29, 0.717) is 24.1 Å². The van der Waals surface area contributed by atoms with Gasteiger partial charge in [0.05, 0.1) is 6.04 Å². The van der Waals surface area contributed by atoms with E-state index in [9.17, 15) is 9.59 Å². The Balaban J connectivity index is 1.40. The second kappa shape index (κ2) is 8.95. The highest BCUT2D eigenvalue weighted by Crippen LogP contribution is 2.28. The summed E-state index contributed by atoms with van der Waals surface area (Å²) in [5.74, 6) is 0.212. The summed E-state index contributed by atoms with van der Waals surface area (Å²) in [6.07, 6.45) is 11.7. The molecule has 3 heterocycles. The van der Waals surface area contributed by atoms with Crippen molar-refractivity contribution in [2.75, 3.05) is 13.1 Å². The van der Waals surface area contributed by atoms with Gasteiger partial charge in [-0.3, -0.25) is 14.3 Å². The van der Waals surface area contributed by atoms with Gasteiger partial charge in [-0.15, -0.1) is 0 Å². The van der Waals surface area contributed by atoms with Crippen molar-refractivity contribution in [2.45, 2.75) is 64.1 Å². The van der Waals surface area contributed by atoms with Crippen molar-refractivity contribution in [2.24, 2.45) is 5.92 Å². The first-order valence-corrected chi connectivity index (χ1v) is 10.8. The summed E-state index contributed by atoms with van der Waals surface area (Å²) in [5, 5.41) is 10.8. The molecule has 2 fully saturated rings. The molecule has 29 heavy (non-hydrogen) atoms. The Morgan fingerprint density at radius 3 is 2.76 bits per heavy atom. The molecule has 1 saturated carbocycles. The summed E-state index contributed by atoms with van der Waals surface area (Å²) < 4.78 is 3.73. The van der Waals surface area contributed by atoms with Crippen LogP contribution in [0.4, 0.5) is 0 Å². The number of pyridine rings is 1. The van der Waals surface area contributed by atoms with E-state index in [2.05, 4.69) is 15.7 Å². The number of aromatic nitrogens is 3. The third-order valence-electron chi connectivity index (χ3n) is 6.39. The number of aryl methyl sites for hydroxylation is 1. The quantitative estimate of drug-likeness (QED) is 0.811. The summed E-state index contributed by atoms with van der Waals surface area (Å²) in [5.41, 5.74) is 0.875. The summed E-state index contributed by atoms with van der Waals surface area (Å²) in [6.45, 7) is 4.50. The molecule has 2 aromatic heterocycles. The monoisotopic (exact) mass is 397 g/mol. The van der Waals surface area contributed by atoms with E-state index in [0.717, 1.165) is 57.2 Å².